The first-order chi connectivity index (χ1) is 30.4. The van der Waals surface area contributed by atoms with Crippen molar-refractivity contribution in [2.45, 2.75) is 46.4 Å². The number of oxazole rings is 1. The van der Waals surface area contributed by atoms with Gasteiger partial charge in [-0.3, -0.25) is 9.37 Å². The number of para-hydroxylation sites is 1. The predicted molar refractivity (Wildman–Crippen MR) is 240 cm³/mol. The van der Waals surface area contributed by atoms with E-state index in [4.69, 9.17) is 17.9 Å². The second-order valence-electron chi connectivity index (χ2n) is 15.4. The minimum atomic E-state index is -2.15. The second kappa shape index (κ2) is 17.1. The molecule has 0 aliphatic heterocycles. The zero-order valence-electron chi connectivity index (χ0n) is 36.8. The zero-order valence-corrected chi connectivity index (χ0v) is 36.2. The number of furan rings is 1. The van der Waals surface area contributed by atoms with Crippen molar-refractivity contribution in [1.29, 1.82) is 5.26 Å². The fourth-order valence-corrected chi connectivity index (χ4v) is 7.82. The number of pyridine rings is 1. The Hall–Kier alpha value is -6.71. The molecule has 5 nitrogen and oxygen atoms in total. The Bertz CT molecular complexity index is 3320. The first-order valence-electron chi connectivity index (χ1n) is 21.4. The van der Waals surface area contributed by atoms with Gasteiger partial charge in [0.1, 0.15) is 17.1 Å². The maximum Gasteiger partial charge on any atom is 0.149 e. The molecular formula is C54H40FIrN3O2-2. The van der Waals surface area contributed by atoms with E-state index in [1.165, 1.54) is 52.2 Å². The molecule has 0 amide bonds. The number of nitrogens with zero attached hydrogens (tertiary/aromatic N) is 3. The molecule has 0 spiro atoms. The van der Waals surface area contributed by atoms with Crippen molar-refractivity contribution in [3.8, 4) is 51.0 Å². The first kappa shape index (κ1) is 37.3. The van der Waals surface area contributed by atoms with E-state index >= 15 is 0 Å². The summed E-state index contributed by atoms with van der Waals surface area (Å²) in [4.78, 5) is 9.02. The van der Waals surface area contributed by atoms with Crippen molar-refractivity contribution in [3.05, 3.63) is 180 Å². The van der Waals surface area contributed by atoms with Gasteiger partial charge in [0.25, 0.3) is 0 Å². The van der Waals surface area contributed by atoms with Crippen LogP contribution in [0.5, 0.6) is 0 Å². The standard InChI is InChI=1S/C42H31N2O2.C12H9FN.Ir/c1-24(2)34-21-29(27-10-6-5-7-11-27)22-35(25(3)4)38(34)32-13-9-15-37-41(32)46-42(44-37)33-14-8-12-30-31-19-18-28-17-16-26(23-43)20-36(28)40(31)45-39(30)33;1-9-2-7-12(14-8-9)10-3-5-11(13)6-4-10;/h5-13,15-22,24-25H,1-4H3;2-3,5-8H,1H3;/q2*-1;/i;1D3;. The molecule has 61 heavy (non-hydrogen) atoms. The topological polar surface area (TPSA) is 75.8 Å². The summed E-state index contributed by atoms with van der Waals surface area (Å²) in [6, 6.07) is 50.7. The van der Waals surface area contributed by atoms with E-state index in [1.807, 2.05) is 36.4 Å². The third kappa shape index (κ3) is 7.89. The van der Waals surface area contributed by atoms with Crippen LogP contribution in [0.1, 0.15) is 65.9 Å². The van der Waals surface area contributed by atoms with E-state index in [1.54, 1.807) is 12.1 Å². The van der Waals surface area contributed by atoms with Crippen molar-refractivity contribution in [1.82, 2.24) is 9.97 Å². The second-order valence-corrected chi connectivity index (χ2v) is 15.4. The number of hydrogen-bond donors (Lipinski definition) is 0. The summed E-state index contributed by atoms with van der Waals surface area (Å²) in [7, 11) is 0. The number of aromatic nitrogens is 2. The van der Waals surface area contributed by atoms with Crippen LogP contribution in [0.15, 0.2) is 148 Å². The largest absolute Gasteiger partial charge is 0.500 e. The van der Waals surface area contributed by atoms with Crippen molar-refractivity contribution in [2.24, 2.45) is 0 Å². The van der Waals surface area contributed by atoms with E-state index in [0.29, 0.717) is 45.7 Å². The Morgan fingerprint density at radius 1 is 0.721 bits per heavy atom. The molecule has 7 aromatic carbocycles. The zero-order chi connectivity index (χ0) is 44.0. The molecule has 3 heterocycles. The van der Waals surface area contributed by atoms with E-state index in [-0.39, 0.29) is 31.5 Å². The van der Waals surface area contributed by atoms with Crippen molar-refractivity contribution in [2.75, 3.05) is 0 Å². The van der Waals surface area contributed by atoms with Gasteiger partial charge >= 0.3 is 0 Å². The summed E-state index contributed by atoms with van der Waals surface area (Å²) in [6.07, 6.45) is 1.31. The maximum atomic E-state index is 12.7. The summed E-state index contributed by atoms with van der Waals surface area (Å²) in [5, 5.41) is 13.4. The Morgan fingerprint density at radius 2 is 1.49 bits per heavy atom. The molecular weight excluding hydrogens is 934 g/mol. The summed E-state index contributed by atoms with van der Waals surface area (Å²) in [5.74, 6) is 0.686. The predicted octanol–water partition coefficient (Wildman–Crippen LogP) is 14.8. The van der Waals surface area contributed by atoms with Crippen LogP contribution in [0.2, 0.25) is 0 Å². The Morgan fingerprint density at radius 3 is 2.18 bits per heavy atom. The number of rotatable bonds is 6. The molecule has 0 unspecified atom stereocenters. The third-order valence-electron chi connectivity index (χ3n) is 10.8. The van der Waals surface area contributed by atoms with Crippen LogP contribution < -0.4 is 0 Å². The molecule has 0 aliphatic rings. The number of nitriles is 1. The minimum absolute atomic E-state index is 0. The Labute approximate surface area is 372 Å². The van der Waals surface area contributed by atoms with Gasteiger partial charge in [0.05, 0.1) is 22.7 Å². The summed E-state index contributed by atoms with van der Waals surface area (Å²) in [6.45, 7) is 6.86. The Kier molecular flexibility index (Phi) is 10.5. The Balaban J connectivity index is 0.000000262. The molecule has 0 saturated carbocycles. The van der Waals surface area contributed by atoms with Crippen LogP contribution in [0.4, 0.5) is 4.39 Å². The average molecular weight is 977 g/mol. The van der Waals surface area contributed by atoms with Crippen LogP contribution >= 0.6 is 0 Å². The normalized spacial score (nSPS) is 12.2. The number of aryl methyl sites for hydroxylation is 1. The van der Waals surface area contributed by atoms with Gasteiger partial charge < -0.3 is 13.8 Å². The van der Waals surface area contributed by atoms with Crippen LogP contribution in [-0.4, -0.2) is 9.97 Å². The molecule has 7 heteroatoms. The van der Waals surface area contributed by atoms with Crippen LogP contribution in [0.25, 0.3) is 88.8 Å². The van der Waals surface area contributed by atoms with Crippen LogP contribution in [0.3, 0.4) is 0 Å². The summed E-state index contributed by atoms with van der Waals surface area (Å²) < 4.78 is 47.6. The average Bonchev–Trinajstić information content (AvgIpc) is 3.91. The number of hydrogen-bond acceptors (Lipinski definition) is 5. The number of benzene rings is 7. The molecule has 10 rings (SSSR count). The van der Waals surface area contributed by atoms with Gasteiger partial charge in [0.15, 0.2) is 0 Å². The van der Waals surface area contributed by atoms with Gasteiger partial charge in [0, 0.05) is 52.6 Å². The van der Waals surface area contributed by atoms with E-state index < -0.39 is 6.85 Å². The van der Waals surface area contributed by atoms with Crippen molar-refractivity contribution in [3.63, 3.8) is 0 Å². The molecule has 0 bridgehead atoms. The van der Waals surface area contributed by atoms with E-state index in [2.05, 4.69) is 118 Å². The number of fused-ring (bicyclic) bond motifs is 6. The van der Waals surface area contributed by atoms with Gasteiger partial charge in [-0.25, -0.2) is 0 Å². The fraction of sp³-hybridized carbons (Fsp3) is 0.130. The van der Waals surface area contributed by atoms with Gasteiger partial charge in [-0.2, -0.15) is 5.26 Å². The SMILES string of the molecule is CC(C)c1cc(-c2ccccc2)cc(C(C)C)c1-c1cccc2nc(-c3[c-]ccc4c3oc3c5cc(C#N)ccc5ccc43)oc12.[2H]C([2H])([2H])c1ccc(-c2[c-]cc(F)cc2)nc1.[Ir]. The summed E-state index contributed by atoms with van der Waals surface area (Å²) in [5.41, 5.74) is 12.8. The molecule has 0 atom stereocenters. The van der Waals surface area contributed by atoms with Gasteiger partial charge in [-0.15, -0.1) is 48.0 Å². The maximum absolute atomic E-state index is 12.7. The van der Waals surface area contributed by atoms with E-state index in [9.17, 15) is 9.65 Å². The van der Waals surface area contributed by atoms with Crippen molar-refractivity contribution < 1.29 is 37.4 Å². The fourth-order valence-electron chi connectivity index (χ4n) is 7.82. The first-order valence-corrected chi connectivity index (χ1v) is 19.9. The molecule has 0 saturated heterocycles. The molecule has 10 aromatic rings. The molecule has 0 aliphatic carbocycles. The van der Waals surface area contributed by atoms with Crippen molar-refractivity contribution >= 4 is 43.8 Å². The third-order valence-corrected chi connectivity index (χ3v) is 10.8. The molecule has 1 radical (unpaired) electrons. The molecule has 3 aromatic heterocycles. The van der Waals surface area contributed by atoms with Gasteiger partial charge in [-0.1, -0.05) is 118 Å². The van der Waals surface area contributed by atoms with Gasteiger partial charge in [0.2, 0.25) is 0 Å². The van der Waals surface area contributed by atoms with E-state index in [0.717, 1.165) is 43.8 Å². The summed E-state index contributed by atoms with van der Waals surface area (Å²) >= 11 is 0. The smallest absolute Gasteiger partial charge is 0.149 e. The molecule has 0 N–H and O–H groups in total. The quantitative estimate of drug-likeness (QED) is 0.155. The van der Waals surface area contributed by atoms with Gasteiger partial charge in [-0.05, 0) is 86.9 Å². The molecule has 0 fully saturated rings. The molecule has 301 valence electrons. The van der Waals surface area contributed by atoms with Crippen LogP contribution in [-0.2, 0) is 20.1 Å². The monoisotopic (exact) mass is 977 g/mol. The minimum Gasteiger partial charge on any atom is -0.500 e. The van der Waals surface area contributed by atoms with Crippen LogP contribution in [0, 0.1) is 36.1 Å². The number of halogens is 1.